The van der Waals surface area contributed by atoms with E-state index in [-0.39, 0.29) is 5.91 Å². The topological polar surface area (TPSA) is 66.4 Å². The summed E-state index contributed by atoms with van der Waals surface area (Å²) in [5.41, 5.74) is 6.15. The molecular weight excluding hydrogens is 379 g/mol. The minimum absolute atomic E-state index is 0.0104. The Morgan fingerprint density at radius 1 is 1.19 bits per heavy atom. The Morgan fingerprint density at radius 3 is 2.81 bits per heavy atom. The number of carbonyl (C=O) groups excluding carboxylic acids is 1. The molecule has 5 nitrogen and oxygen atoms in total. The van der Waals surface area contributed by atoms with E-state index in [9.17, 15) is 4.79 Å². The molecule has 2 N–H and O–H groups in total. The van der Waals surface area contributed by atoms with E-state index in [1.165, 1.54) is 3.57 Å². The van der Waals surface area contributed by atoms with Crippen molar-refractivity contribution < 1.29 is 4.79 Å². The van der Waals surface area contributed by atoms with Crippen LogP contribution in [0.25, 0.3) is 0 Å². The number of halogens is 1. The van der Waals surface area contributed by atoms with Crippen LogP contribution in [0.1, 0.15) is 18.5 Å². The van der Waals surface area contributed by atoms with Crippen molar-refractivity contribution in [1.82, 2.24) is 4.98 Å². The second-order valence-corrected chi connectivity index (χ2v) is 5.87. The van der Waals surface area contributed by atoms with Gasteiger partial charge in [0.1, 0.15) is 5.69 Å². The van der Waals surface area contributed by atoms with Gasteiger partial charge in [0.05, 0.1) is 17.1 Å². The highest BCUT2D eigenvalue weighted by Gasteiger charge is 2.18. The molecule has 0 spiro atoms. The highest BCUT2D eigenvalue weighted by molar-refractivity contribution is 14.1. The standard InChI is InChI=1S/C15H13IN4O/c16-10-3-5-11(6-4-10)19-20-13-7-8-14(21)18-12-2-1-9-17-15(12)13/h1-6,9,19H,7-8H2,(H,18,21). The van der Waals surface area contributed by atoms with E-state index in [0.717, 1.165) is 17.1 Å². The molecule has 0 saturated heterocycles. The summed E-state index contributed by atoms with van der Waals surface area (Å²) in [4.78, 5) is 16.0. The fourth-order valence-electron chi connectivity index (χ4n) is 2.06. The van der Waals surface area contributed by atoms with Crippen LogP contribution in [0.5, 0.6) is 0 Å². The zero-order valence-electron chi connectivity index (χ0n) is 11.1. The van der Waals surface area contributed by atoms with Gasteiger partial charge in [-0.2, -0.15) is 5.10 Å². The SMILES string of the molecule is O=C1CCC(=NNc2ccc(I)cc2)c2ncccc2N1. The number of nitrogens with zero attached hydrogens (tertiary/aromatic N) is 2. The van der Waals surface area contributed by atoms with Crippen LogP contribution < -0.4 is 10.7 Å². The molecule has 0 fully saturated rings. The number of anilines is 2. The maximum absolute atomic E-state index is 11.7. The first-order valence-electron chi connectivity index (χ1n) is 6.56. The molecule has 0 bridgehead atoms. The van der Waals surface area contributed by atoms with Gasteiger partial charge >= 0.3 is 0 Å². The summed E-state index contributed by atoms with van der Waals surface area (Å²) in [6, 6.07) is 11.6. The van der Waals surface area contributed by atoms with Crippen molar-refractivity contribution in [3.8, 4) is 0 Å². The van der Waals surface area contributed by atoms with Gasteiger partial charge < -0.3 is 5.32 Å². The Labute approximate surface area is 136 Å². The van der Waals surface area contributed by atoms with Gasteiger partial charge in [-0.15, -0.1) is 0 Å². The number of benzene rings is 1. The lowest BCUT2D eigenvalue weighted by Gasteiger charge is -2.07. The van der Waals surface area contributed by atoms with Crippen LogP contribution >= 0.6 is 22.6 Å². The number of amides is 1. The highest BCUT2D eigenvalue weighted by Crippen LogP contribution is 2.20. The van der Waals surface area contributed by atoms with Crippen LogP contribution in [0.2, 0.25) is 0 Å². The lowest BCUT2D eigenvalue weighted by molar-refractivity contribution is -0.116. The molecule has 0 atom stereocenters. The Balaban J connectivity index is 1.88. The third-order valence-corrected chi connectivity index (χ3v) is 3.83. The van der Waals surface area contributed by atoms with Crippen molar-refractivity contribution in [2.45, 2.75) is 12.8 Å². The average molecular weight is 392 g/mol. The normalized spacial score (nSPS) is 16.0. The number of fused-ring (bicyclic) bond motifs is 1. The molecule has 1 amide bonds. The van der Waals surface area contributed by atoms with Crippen molar-refractivity contribution in [1.29, 1.82) is 0 Å². The predicted octanol–water partition coefficient (Wildman–Crippen LogP) is 3.23. The molecule has 21 heavy (non-hydrogen) atoms. The summed E-state index contributed by atoms with van der Waals surface area (Å²) in [6.45, 7) is 0. The summed E-state index contributed by atoms with van der Waals surface area (Å²) < 4.78 is 1.17. The van der Waals surface area contributed by atoms with Gasteiger partial charge in [-0.1, -0.05) is 0 Å². The smallest absolute Gasteiger partial charge is 0.224 e. The Kier molecular flexibility index (Phi) is 4.14. The van der Waals surface area contributed by atoms with Gasteiger partial charge in [0.25, 0.3) is 0 Å². The second-order valence-electron chi connectivity index (χ2n) is 4.62. The summed E-state index contributed by atoms with van der Waals surface area (Å²) in [7, 11) is 0. The number of aromatic nitrogens is 1. The summed E-state index contributed by atoms with van der Waals surface area (Å²) >= 11 is 2.26. The van der Waals surface area contributed by atoms with Crippen molar-refractivity contribution in [2.24, 2.45) is 5.10 Å². The molecule has 6 heteroatoms. The Morgan fingerprint density at radius 2 is 2.00 bits per heavy atom. The second kappa shape index (κ2) is 6.21. The van der Waals surface area contributed by atoms with Gasteiger partial charge in [-0.25, -0.2) is 0 Å². The zero-order valence-corrected chi connectivity index (χ0v) is 13.3. The van der Waals surface area contributed by atoms with E-state index >= 15 is 0 Å². The summed E-state index contributed by atoms with van der Waals surface area (Å²) in [5.74, 6) is -0.0104. The molecule has 1 aromatic carbocycles. The van der Waals surface area contributed by atoms with Crippen LogP contribution in [0.15, 0.2) is 47.7 Å². The molecule has 2 heterocycles. The zero-order chi connectivity index (χ0) is 14.7. The Bertz CT molecular complexity index is 697. The number of rotatable bonds is 2. The molecule has 0 aliphatic carbocycles. The molecule has 1 aromatic heterocycles. The Hall–Kier alpha value is -1.96. The van der Waals surface area contributed by atoms with E-state index in [2.05, 4.69) is 43.4 Å². The number of pyridine rings is 1. The minimum Gasteiger partial charge on any atom is -0.324 e. The number of carbonyl (C=O) groups is 1. The molecule has 0 unspecified atom stereocenters. The molecule has 1 aliphatic rings. The fourth-order valence-corrected chi connectivity index (χ4v) is 2.42. The lowest BCUT2D eigenvalue weighted by atomic mass is 10.1. The minimum atomic E-state index is -0.0104. The first kappa shape index (κ1) is 14.0. The van der Waals surface area contributed by atoms with Crippen LogP contribution in [-0.4, -0.2) is 16.6 Å². The van der Waals surface area contributed by atoms with Gasteiger partial charge in [0.2, 0.25) is 5.91 Å². The first-order chi connectivity index (χ1) is 10.2. The van der Waals surface area contributed by atoms with E-state index in [0.29, 0.717) is 18.5 Å². The van der Waals surface area contributed by atoms with E-state index in [1.54, 1.807) is 12.3 Å². The maximum atomic E-state index is 11.7. The molecule has 2 aromatic rings. The number of hydrogen-bond donors (Lipinski definition) is 2. The molecular formula is C15H13IN4O. The predicted molar refractivity (Wildman–Crippen MR) is 91.4 cm³/mol. The van der Waals surface area contributed by atoms with Crippen molar-refractivity contribution in [2.75, 3.05) is 10.7 Å². The average Bonchev–Trinajstić information content (AvgIpc) is 2.65. The van der Waals surface area contributed by atoms with Crippen LogP contribution in [-0.2, 0) is 4.79 Å². The van der Waals surface area contributed by atoms with Crippen LogP contribution in [0.4, 0.5) is 11.4 Å². The third-order valence-electron chi connectivity index (χ3n) is 3.11. The molecule has 0 saturated carbocycles. The van der Waals surface area contributed by atoms with Gasteiger partial charge in [-0.05, 0) is 59.0 Å². The molecule has 3 rings (SSSR count). The van der Waals surface area contributed by atoms with Crippen LogP contribution in [0.3, 0.4) is 0 Å². The quantitative estimate of drug-likeness (QED) is 0.609. The highest BCUT2D eigenvalue weighted by atomic mass is 127. The van der Waals surface area contributed by atoms with Crippen LogP contribution in [0, 0.1) is 3.57 Å². The van der Waals surface area contributed by atoms with Gasteiger partial charge in [0.15, 0.2) is 0 Å². The van der Waals surface area contributed by atoms with E-state index in [1.807, 2.05) is 30.3 Å². The van der Waals surface area contributed by atoms with E-state index < -0.39 is 0 Å². The summed E-state index contributed by atoms with van der Waals surface area (Å²) in [5, 5.41) is 7.28. The fraction of sp³-hybridized carbons (Fsp3) is 0.133. The monoisotopic (exact) mass is 392 g/mol. The van der Waals surface area contributed by atoms with E-state index in [4.69, 9.17) is 0 Å². The number of hydrazone groups is 1. The summed E-state index contributed by atoms with van der Waals surface area (Å²) in [6.07, 6.45) is 2.67. The molecule has 0 radical (unpaired) electrons. The van der Waals surface area contributed by atoms with Gasteiger partial charge in [-0.3, -0.25) is 15.2 Å². The van der Waals surface area contributed by atoms with Crippen molar-refractivity contribution in [3.05, 3.63) is 51.9 Å². The largest absolute Gasteiger partial charge is 0.324 e. The first-order valence-corrected chi connectivity index (χ1v) is 7.63. The number of hydrogen-bond acceptors (Lipinski definition) is 4. The molecule has 1 aliphatic heterocycles. The van der Waals surface area contributed by atoms with Crippen molar-refractivity contribution >= 4 is 45.6 Å². The number of nitrogens with one attached hydrogen (secondary N) is 2. The molecule has 106 valence electrons. The lowest BCUT2D eigenvalue weighted by Crippen LogP contribution is -2.09. The van der Waals surface area contributed by atoms with Gasteiger partial charge in [0, 0.05) is 22.6 Å². The maximum Gasteiger partial charge on any atom is 0.224 e. The van der Waals surface area contributed by atoms with Crippen molar-refractivity contribution in [3.63, 3.8) is 0 Å². The third kappa shape index (κ3) is 3.38.